The zero-order valence-electron chi connectivity index (χ0n) is 13.9. The molecule has 3 rings (SSSR count). The summed E-state index contributed by atoms with van der Waals surface area (Å²) >= 11 is 4.40. The van der Waals surface area contributed by atoms with Gasteiger partial charge in [0, 0.05) is 11.6 Å². The van der Waals surface area contributed by atoms with E-state index in [0.717, 1.165) is 23.3 Å². The fraction of sp³-hybridized carbons (Fsp3) is 0.0455. The SMILES string of the molecule is Cc1ccc(-c2ccc(C#Cc3cc(F)c(N=C=S)cc3F)cc2)cc1. The lowest BCUT2D eigenvalue weighted by molar-refractivity contribution is 0.599. The van der Waals surface area contributed by atoms with Crippen LogP contribution in [-0.2, 0) is 0 Å². The van der Waals surface area contributed by atoms with Gasteiger partial charge in [-0.25, -0.2) is 8.78 Å². The summed E-state index contributed by atoms with van der Waals surface area (Å²) in [5.41, 5.74) is 3.86. The van der Waals surface area contributed by atoms with E-state index in [4.69, 9.17) is 0 Å². The van der Waals surface area contributed by atoms with Crippen LogP contribution in [0.2, 0.25) is 0 Å². The summed E-state index contributed by atoms with van der Waals surface area (Å²) in [5.74, 6) is 4.15. The highest BCUT2D eigenvalue weighted by Gasteiger charge is 2.07. The van der Waals surface area contributed by atoms with Gasteiger partial charge in [-0.3, -0.25) is 0 Å². The van der Waals surface area contributed by atoms with Crippen molar-refractivity contribution in [1.82, 2.24) is 0 Å². The number of aryl methyl sites for hydroxylation is 1. The molecule has 26 heavy (non-hydrogen) atoms. The Labute approximate surface area is 156 Å². The predicted molar refractivity (Wildman–Crippen MR) is 104 cm³/mol. The van der Waals surface area contributed by atoms with E-state index < -0.39 is 11.6 Å². The number of isothiocyanates is 1. The highest BCUT2D eigenvalue weighted by atomic mass is 32.1. The number of benzene rings is 3. The van der Waals surface area contributed by atoms with Gasteiger partial charge in [-0.1, -0.05) is 53.8 Å². The molecule has 0 N–H and O–H groups in total. The van der Waals surface area contributed by atoms with E-state index in [1.54, 1.807) is 0 Å². The normalized spacial score (nSPS) is 9.81. The maximum Gasteiger partial charge on any atom is 0.151 e. The Kier molecular flexibility index (Phi) is 5.34. The average molecular weight is 361 g/mol. The van der Waals surface area contributed by atoms with Crippen LogP contribution in [0.1, 0.15) is 16.7 Å². The number of nitrogens with zero attached hydrogens (tertiary/aromatic N) is 1. The molecule has 0 heterocycles. The summed E-state index contributed by atoms with van der Waals surface area (Å²) in [5, 5.41) is 2.02. The average Bonchev–Trinajstić information content (AvgIpc) is 2.65. The van der Waals surface area contributed by atoms with Crippen LogP contribution in [0.5, 0.6) is 0 Å². The molecule has 0 fully saturated rings. The first-order valence-electron chi connectivity index (χ1n) is 7.83. The van der Waals surface area contributed by atoms with Crippen molar-refractivity contribution in [3.63, 3.8) is 0 Å². The van der Waals surface area contributed by atoms with E-state index in [-0.39, 0.29) is 11.3 Å². The largest absolute Gasteiger partial charge is 0.206 e. The second kappa shape index (κ2) is 7.84. The van der Waals surface area contributed by atoms with Crippen LogP contribution in [0.3, 0.4) is 0 Å². The van der Waals surface area contributed by atoms with Gasteiger partial charge in [0.15, 0.2) is 5.82 Å². The zero-order valence-corrected chi connectivity index (χ0v) is 14.7. The third-order valence-corrected chi connectivity index (χ3v) is 3.91. The molecular weight excluding hydrogens is 348 g/mol. The number of hydrogen-bond acceptors (Lipinski definition) is 2. The van der Waals surface area contributed by atoms with E-state index in [0.29, 0.717) is 5.56 Å². The number of rotatable bonds is 2. The van der Waals surface area contributed by atoms with Crippen LogP contribution in [-0.4, -0.2) is 5.16 Å². The Morgan fingerprint density at radius 3 is 2.04 bits per heavy atom. The lowest BCUT2D eigenvalue weighted by Gasteiger charge is -2.02. The van der Waals surface area contributed by atoms with Crippen molar-refractivity contribution in [1.29, 1.82) is 0 Å². The standard InChI is InChI=1S/C22H13F2NS/c1-15-2-7-17(8-3-15)18-9-4-16(5-10-18)6-11-19-12-21(24)22(25-14-26)13-20(19)23/h2-5,7-10,12-13H,1H3. The minimum absolute atomic E-state index is 0.0339. The summed E-state index contributed by atoms with van der Waals surface area (Å²) in [6.45, 7) is 2.04. The van der Waals surface area contributed by atoms with Crippen LogP contribution in [0, 0.1) is 30.4 Å². The molecule has 0 amide bonds. The van der Waals surface area contributed by atoms with Gasteiger partial charge in [0.1, 0.15) is 11.5 Å². The molecule has 1 nitrogen and oxygen atoms in total. The lowest BCUT2D eigenvalue weighted by atomic mass is 10.0. The van der Waals surface area contributed by atoms with E-state index in [2.05, 4.69) is 53.3 Å². The topological polar surface area (TPSA) is 12.4 Å². The first-order chi connectivity index (χ1) is 12.6. The van der Waals surface area contributed by atoms with Gasteiger partial charge in [-0.15, -0.1) is 0 Å². The molecule has 126 valence electrons. The number of hydrogen-bond donors (Lipinski definition) is 0. The second-order valence-corrected chi connectivity index (χ2v) is 5.86. The van der Waals surface area contributed by atoms with Gasteiger partial charge in [-0.05, 0) is 48.5 Å². The Morgan fingerprint density at radius 2 is 1.42 bits per heavy atom. The van der Waals surface area contributed by atoms with Gasteiger partial charge in [0.2, 0.25) is 0 Å². The Morgan fingerprint density at radius 1 is 0.808 bits per heavy atom. The molecule has 0 spiro atoms. The van der Waals surface area contributed by atoms with E-state index in [1.165, 1.54) is 5.56 Å². The van der Waals surface area contributed by atoms with Gasteiger partial charge in [0.25, 0.3) is 0 Å². The number of aliphatic imine (C=N–C) groups is 1. The van der Waals surface area contributed by atoms with Gasteiger partial charge in [-0.2, -0.15) is 4.99 Å². The lowest BCUT2D eigenvalue weighted by Crippen LogP contribution is -1.87. The third kappa shape index (κ3) is 4.10. The first-order valence-corrected chi connectivity index (χ1v) is 8.23. The van der Waals surface area contributed by atoms with Crippen LogP contribution in [0.15, 0.2) is 65.7 Å². The van der Waals surface area contributed by atoms with Crippen molar-refractivity contribution in [3.05, 3.63) is 89.0 Å². The molecule has 0 saturated heterocycles. The quantitative estimate of drug-likeness (QED) is 0.306. The monoisotopic (exact) mass is 361 g/mol. The van der Waals surface area contributed by atoms with Crippen LogP contribution >= 0.6 is 12.2 Å². The number of halogens is 2. The van der Waals surface area contributed by atoms with Crippen molar-refractivity contribution in [3.8, 4) is 23.0 Å². The smallest absolute Gasteiger partial charge is 0.151 e. The van der Waals surface area contributed by atoms with Crippen molar-refractivity contribution in [2.75, 3.05) is 0 Å². The molecule has 3 aromatic carbocycles. The Balaban J connectivity index is 1.85. The molecule has 3 aromatic rings. The maximum absolute atomic E-state index is 14.0. The molecular formula is C22H13F2NS. The van der Waals surface area contributed by atoms with Gasteiger partial charge >= 0.3 is 0 Å². The molecule has 0 aromatic heterocycles. The fourth-order valence-electron chi connectivity index (χ4n) is 2.40. The van der Waals surface area contributed by atoms with Gasteiger partial charge in [0.05, 0.1) is 10.7 Å². The molecule has 0 aliphatic carbocycles. The molecule has 0 aliphatic rings. The van der Waals surface area contributed by atoms with Crippen molar-refractivity contribution < 1.29 is 8.78 Å². The van der Waals surface area contributed by atoms with Crippen molar-refractivity contribution >= 4 is 23.1 Å². The summed E-state index contributed by atoms with van der Waals surface area (Å²) in [6.07, 6.45) is 0. The minimum atomic E-state index is -0.692. The van der Waals surface area contributed by atoms with Crippen LogP contribution in [0.4, 0.5) is 14.5 Å². The summed E-state index contributed by atoms with van der Waals surface area (Å²) < 4.78 is 27.8. The summed E-state index contributed by atoms with van der Waals surface area (Å²) in [4.78, 5) is 3.47. The van der Waals surface area contributed by atoms with E-state index >= 15 is 0 Å². The highest BCUT2D eigenvalue weighted by Crippen LogP contribution is 2.22. The van der Waals surface area contributed by atoms with E-state index in [9.17, 15) is 8.78 Å². The number of thiocarbonyl (C=S) groups is 1. The first kappa shape index (κ1) is 17.7. The molecule has 0 unspecified atom stereocenters. The molecule has 0 atom stereocenters. The summed E-state index contributed by atoms with van der Waals surface area (Å²) in [7, 11) is 0. The highest BCUT2D eigenvalue weighted by molar-refractivity contribution is 7.78. The van der Waals surface area contributed by atoms with Crippen LogP contribution in [0.25, 0.3) is 11.1 Å². The molecule has 0 aliphatic heterocycles. The van der Waals surface area contributed by atoms with Crippen LogP contribution < -0.4 is 0 Å². The van der Waals surface area contributed by atoms with E-state index in [1.807, 2.05) is 36.4 Å². The minimum Gasteiger partial charge on any atom is -0.206 e. The molecule has 0 bridgehead atoms. The third-order valence-electron chi connectivity index (χ3n) is 3.81. The molecule has 0 saturated carbocycles. The molecule has 0 radical (unpaired) electrons. The fourth-order valence-corrected chi connectivity index (χ4v) is 2.50. The van der Waals surface area contributed by atoms with Gasteiger partial charge < -0.3 is 0 Å². The molecule has 4 heteroatoms. The predicted octanol–water partition coefficient (Wildman–Crippen LogP) is 6.07. The maximum atomic E-state index is 14.0. The van der Waals surface area contributed by atoms with Crippen molar-refractivity contribution in [2.45, 2.75) is 6.92 Å². The Bertz CT molecular complexity index is 1050. The van der Waals surface area contributed by atoms with Crippen molar-refractivity contribution in [2.24, 2.45) is 4.99 Å². The Hall–Kier alpha value is -3.12. The zero-order chi connectivity index (χ0) is 18.5. The summed E-state index contributed by atoms with van der Waals surface area (Å²) in [6, 6.07) is 17.8. The second-order valence-electron chi connectivity index (χ2n) is 5.68.